The average molecular weight is 275 g/mol. The van der Waals surface area contributed by atoms with E-state index in [0.717, 1.165) is 16.4 Å². The van der Waals surface area contributed by atoms with Crippen molar-refractivity contribution in [1.82, 2.24) is 15.3 Å². The maximum absolute atomic E-state index is 11.8. The van der Waals surface area contributed by atoms with Crippen molar-refractivity contribution in [3.05, 3.63) is 35.5 Å². The molecular weight excluding hydrogens is 258 g/mol. The molecule has 0 bridgehead atoms. The molecule has 0 aliphatic carbocycles. The molecule has 0 radical (unpaired) electrons. The van der Waals surface area contributed by atoms with Crippen LogP contribution in [0.4, 0.5) is 0 Å². The molecule has 0 aliphatic heterocycles. The number of rotatable bonds is 3. The van der Waals surface area contributed by atoms with Gasteiger partial charge in [-0.15, -0.1) is 11.3 Å². The van der Waals surface area contributed by atoms with E-state index in [0.29, 0.717) is 6.42 Å². The first-order valence-corrected chi connectivity index (χ1v) is 6.99. The second kappa shape index (κ2) is 5.48. The van der Waals surface area contributed by atoms with Gasteiger partial charge in [0.05, 0.1) is 17.8 Å². The van der Waals surface area contributed by atoms with Crippen LogP contribution in [0.3, 0.4) is 0 Å². The summed E-state index contributed by atoms with van der Waals surface area (Å²) in [5.41, 5.74) is 1.42. The highest BCUT2D eigenvalue weighted by Gasteiger charge is 2.15. The largest absolute Gasteiger partial charge is 0.351 e. The third-order valence-electron chi connectivity index (χ3n) is 2.29. The van der Waals surface area contributed by atoms with Crippen molar-refractivity contribution in [2.45, 2.75) is 32.7 Å². The topological polar surface area (TPSA) is 54.9 Å². The molecule has 0 aromatic carbocycles. The Balaban J connectivity index is 2.04. The number of carbonyl (C=O) groups excluding carboxylic acids is 1. The summed E-state index contributed by atoms with van der Waals surface area (Å²) in [5.74, 6) is -0.00892. The maximum Gasteiger partial charge on any atom is 0.226 e. The summed E-state index contributed by atoms with van der Waals surface area (Å²) in [6.45, 7) is 5.89. The first kappa shape index (κ1) is 13.7. The molecule has 0 saturated carbocycles. The summed E-state index contributed by atoms with van der Waals surface area (Å²) < 4.78 is 0. The molecule has 0 unspecified atom stereocenters. The Bertz CT molecular complexity index is 558. The minimum Gasteiger partial charge on any atom is -0.351 e. The molecule has 1 N–H and O–H groups in total. The van der Waals surface area contributed by atoms with E-state index in [-0.39, 0.29) is 11.4 Å². The van der Waals surface area contributed by atoms with Crippen molar-refractivity contribution in [2.75, 3.05) is 0 Å². The standard InChI is InChI=1S/C14H17N3OS/c1-14(2,3)17-12(18)8-10-9-19-13(16-10)11-6-4-5-7-15-11/h4-7,9H,8H2,1-3H3,(H,17,18). The predicted octanol–water partition coefficient (Wildman–Crippen LogP) is 2.66. The summed E-state index contributed by atoms with van der Waals surface area (Å²) in [7, 11) is 0. The van der Waals surface area contributed by atoms with E-state index in [9.17, 15) is 4.79 Å². The second-order valence-electron chi connectivity index (χ2n) is 5.33. The van der Waals surface area contributed by atoms with Gasteiger partial charge in [-0.2, -0.15) is 0 Å². The normalized spacial score (nSPS) is 11.3. The lowest BCUT2D eigenvalue weighted by molar-refractivity contribution is -0.121. The second-order valence-corrected chi connectivity index (χ2v) is 6.19. The third kappa shape index (κ3) is 4.13. The van der Waals surface area contributed by atoms with E-state index in [2.05, 4.69) is 15.3 Å². The van der Waals surface area contributed by atoms with E-state index in [1.165, 1.54) is 11.3 Å². The number of pyridine rings is 1. The first-order valence-electron chi connectivity index (χ1n) is 6.11. The molecule has 2 rings (SSSR count). The smallest absolute Gasteiger partial charge is 0.226 e. The van der Waals surface area contributed by atoms with Gasteiger partial charge >= 0.3 is 0 Å². The van der Waals surface area contributed by atoms with Crippen LogP contribution in [0, 0.1) is 0 Å². The Labute approximate surface area is 116 Å². The number of thiazole rings is 1. The molecular formula is C14H17N3OS. The zero-order chi connectivity index (χ0) is 13.9. The van der Waals surface area contributed by atoms with Crippen molar-refractivity contribution >= 4 is 17.2 Å². The fourth-order valence-corrected chi connectivity index (χ4v) is 2.42. The quantitative estimate of drug-likeness (QED) is 0.937. The van der Waals surface area contributed by atoms with Crippen LogP contribution in [0.15, 0.2) is 29.8 Å². The SMILES string of the molecule is CC(C)(C)NC(=O)Cc1csc(-c2ccccn2)n1. The fourth-order valence-electron chi connectivity index (χ4n) is 1.62. The van der Waals surface area contributed by atoms with Crippen LogP contribution in [0.5, 0.6) is 0 Å². The fraction of sp³-hybridized carbons (Fsp3) is 0.357. The lowest BCUT2D eigenvalue weighted by Crippen LogP contribution is -2.41. The van der Waals surface area contributed by atoms with Crippen molar-refractivity contribution < 1.29 is 4.79 Å². The number of carbonyl (C=O) groups is 1. The lowest BCUT2D eigenvalue weighted by atomic mass is 10.1. The highest BCUT2D eigenvalue weighted by molar-refractivity contribution is 7.13. The highest BCUT2D eigenvalue weighted by atomic mass is 32.1. The Kier molecular flexibility index (Phi) is 3.95. The van der Waals surface area contributed by atoms with Gasteiger partial charge in [0, 0.05) is 17.1 Å². The van der Waals surface area contributed by atoms with Crippen LogP contribution in [0.1, 0.15) is 26.5 Å². The zero-order valence-corrected chi connectivity index (χ0v) is 12.1. The molecule has 100 valence electrons. The van der Waals surface area contributed by atoms with E-state index < -0.39 is 0 Å². The summed E-state index contributed by atoms with van der Waals surface area (Å²) >= 11 is 1.51. The van der Waals surface area contributed by atoms with Gasteiger partial charge in [-0.1, -0.05) is 6.07 Å². The molecule has 0 fully saturated rings. The van der Waals surface area contributed by atoms with E-state index >= 15 is 0 Å². The third-order valence-corrected chi connectivity index (χ3v) is 3.21. The molecule has 0 spiro atoms. The minimum atomic E-state index is -0.211. The van der Waals surface area contributed by atoms with Gasteiger partial charge < -0.3 is 5.32 Å². The van der Waals surface area contributed by atoms with Crippen molar-refractivity contribution in [3.63, 3.8) is 0 Å². The number of hydrogen-bond acceptors (Lipinski definition) is 4. The summed E-state index contributed by atoms with van der Waals surface area (Å²) in [5, 5.41) is 5.68. The van der Waals surface area contributed by atoms with Gasteiger partial charge in [-0.25, -0.2) is 4.98 Å². The molecule has 5 heteroatoms. The Morgan fingerprint density at radius 3 is 2.79 bits per heavy atom. The highest BCUT2D eigenvalue weighted by Crippen LogP contribution is 2.21. The predicted molar refractivity (Wildman–Crippen MR) is 76.9 cm³/mol. The van der Waals surface area contributed by atoms with Crippen LogP contribution in [0.25, 0.3) is 10.7 Å². The summed E-state index contributed by atoms with van der Waals surface area (Å²) in [6, 6.07) is 5.71. The molecule has 2 aromatic rings. The number of hydrogen-bond donors (Lipinski definition) is 1. The molecule has 0 atom stereocenters. The molecule has 2 heterocycles. The van der Waals surface area contributed by atoms with Gasteiger partial charge in [-0.3, -0.25) is 9.78 Å². The Hall–Kier alpha value is -1.75. The van der Waals surface area contributed by atoms with E-state index in [1.54, 1.807) is 6.20 Å². The monoisotopic (exact) mass is 275 g/mol. The van der Waals surface area contributed by atoms with E-state index in [1.807, 2.05) is 44.4 Å². The number of nitrogens with zero attached hydrogens (tertiary/aromatic N) is 2. The molecule has 2 aromatic heterocycles. The first-order chi connectivity index (χ1) is 8.94. The van der Waals surface area contributed by atoms with E-state index in [4.69, 9.17) is 0 Å². The Morgan fingerprint density at radius 2 is 2.16 bits per heavy atom. The van der Waals surface area contributed by atoms with Crippen molar-refractivity contribution in [2.24, 2.45) is 0 Å². The van der Waals surface area contributed by atoms with Crippen molar-refractivity contribution in [1.29, 1.82) is 0 Å². The molecule has 4 nitrogen and oxygen atoms in total. The maximum atomic E-state index is 11.8. The van der Waals surface area contributed by atoms with Gasteiger partial charge in [-0.05, 0) is 32.9 Å². The van der Waals surface area contributed by atoms with Crippen LogP contribution in [-0.2, 0) is 11.2 Å². The van der Waals surface area contributed by atoms with Gasteiger partial charge in [0.2, 0.25) is 5.91 Å². The lowest BCUT2D eigenvalue weighted by Gasteiger charge is -2.20. The van der Waals surface area contributed by atoms with Crippen molar-refractivity contribution in [3.8, 4) is 10.7 Å². The van der Waals surface area contributed by atoms with Crippen LogP contribution >= 0.6 is 11.3 Å². The number of nitrogens with one attached hydrogen (secondary N) is 1. The minimum absolute atomic E-state index is 0.00892. The zero-order valence-electron chi connectivity index (χ0n) is 11.3. The molecule has 1 amide bonds. The summed E-state index contributed by atoms with van der Waals surface area (Å²) in [4.78, 5) is 20.5. The Morgan fingerprint density at radius 1 is 1.37 bits per heavy atom. The van der Waals surface area contributed by atoms with Crippen LogP contribution in [0.2, 0.25) is 0 Å². The molecule has 0 aliphatic rings. The molecule has 0 saturated heterocycles. The van der Waals surface area contributed by atoms with Gasteiger partial charge in [0.25, 0.3) is 0 Å². The summed E-state index contributed by atoms with van der Waals surface area (Å²) in [6.07, 6.45) is 2.04. The van der Waals surface area contributed by atoms with Crippen LogP contribution < -0.4 is 5.32 Å². The number of aromatic nitrogens is 2. The average Bonchev–Trinajstić information content (AvgIpc) is 2.76. The molecule has 19 heavy (non-hydrogen) atoms. The van der Waals surface area contributed by atoms with Gasteiger partial charge in [0.15, 0.2) is 0 Å². The van der Waals surface area contributed by atoms with Crippen LogP contribution in [-0.4, -0.2) is 21.4 Å². The van der Waals surface area contributed by atoms with Gasteiger partial charge in [0.1, 0.15) is 5.01 Å². The number of amides is 1.